The quantitative estimate of drug-likeness (QED) is 0.685. The molecule has 1 heterocycles. The summed E-state index contributed by atoms with van der Waals surface area (Å²) in [4.78, 5) is 11.9. The second kappa shape index (κ2) is 7.09. The van der Waals surface area contributed by atoms with Gasteiger partial charge in [-0.3, -0.25) is 4.79 Å². The zero-order valence-electron chi connectivity index (χ0n) is 10.9. The Kier molecular flexibility index (Phi) is 5.16. The molecule has 104 valence electrons. The van der Waals surface area contributed by atoms with Gasteiger partial charge in [0.05, 0.1) is 6.10 Å². The fourth-order valence-corrected chi connectivity index (χ4v) is 2.11. The molecule has 0 radical (unpaired) electrons. The normalized spacial score (nSPS) is 18.6. The van der Waals surface area contributed by atoms with Crippen molar-refractivity contribution in [2.24, 2.45) is 0 Å². The van der Waals surface area contributed by atoms with Crippen molar-refractivity contribution in [2.75, 3.05) is 13.2 Å². The first kappa shape index (κ1) is 14.6. The van der Waals surface area contributed by atoms with Gasteiger partial charge in [-0.05, 0) is 36.6 Å². The summed E-state index contributed by atoms with van der Waals surface area (Å²) in [5.74, 6) is -0.377. The first-order valence-corrected chi connectivity index (χ1v) is 6.84. The predicted octanol–water partition coefficient (Wildman–Crippen LogP) is 2.54. The van der Waals surface area contributed by atoms with E-state index in [4.69, 9.17) is 21.6 Å². The van der Waals surface area contributed by atoms with Crippen molar-refractivity contribution in [1.29, 1.82) is 5.26 Å². The lowest BCUT2D eigenvalue weighted by molar-refractivity contribution is -0.117. The minimum Gasteiger partial charge on any atom is -0.376 e. The molecule has 1 fully saturated rings. The molecule has 0 aliphatic carbocycles. The molecule has 1 saturated heterocycles. The highest BCUT2D eigenvalue weighted by Gasteiger charge is 2.17. The van der Waals surface area contributed by atoms with Crippen LogP contribution in [0.2, 0.25) is 5.02 Å². The van der Waals surface area contributed by atoms with Gasteiger partial charge in [-0.1, -0.05) is 23.7 Å². The lowest BCUT2D eigenvalue weighted by Crippen LogP contribution is -2.32. The minimum atomic E-state index is -0.377. The SMILES string of the molecule is N#CC(=Cc1ccc(Cl)cc1)C(=O)NCC1CCCO1. The molecule has 1 amide bonds. The van der Waals surface area contributed by atoms with Gasteiger partial charge in [0.15, 0.2) is 0 Å². The first-order valence-electron chi connectivity index (χ1n) is 6.46. The fourth-order valence-electron chi connectivity index (χ4n) is 1.98. The van der Waals surface area contributed by atoms with E-state index in [1.165, 1.54) is 0 Å². The van der Waals surface area contributed by atoms with E-state index in [0.717, 1.165) is 25.0 Å². The summed E-state index contributed by atoms with van der Waals surface area (Å²) in [6, 6.07) is 8.86. The summed E-state index contributed by atoms with van der Waals surface area (Å²) in [7, 11) is 0. The van der Waals surface area contributed by atoms with E-state index in [0.29, 0.717) is 11.6 Å². The molecular formula is C15H15ClN2O2. The monoisotopic (exact) mass is 290 g/mol. The topological polar surface area (TPSA) is 62.1 Å². The molecule has 2 rings (SSSR count). The van der Waals surface area contributed by atoms with Crippen LogP contribution < -0.4 is 5.32 Å². The van der Waals surface area contributed by atoms with Gasteiger partial charge in [0.2, 0.25) is 0 Å². The third kappa shape index (κ3) is 4.09. The maximum Gasteiger partial charge on any atom is 0.262 e. The Morgan fingerprint density at radius 1 is 1.50 bits per heavy atom. The molecule has 1 aliphatic heterocycles. The Balaban J connectivity index is 1.97. The van der Waals surface area contributed by atoms with E-state index in [1.807, 2.05) is 6.07 Å². The van der Waals surface area contributed by atoms with Crippen molar-refractivity contribution in [3.63, 3.8) is 0 Å². The van der Waals surface area contributed by atoms with Crippen molar-refractivity contribution in [3.8, 4) is 6.07 Å². The second-order valence-corrected chi connectivity index (χ2v) is 5.00. The molecule has 1 aromatic carbocycles. The molecule has 1 N–H and O–H groups in total. The van der Waals surface area contributed by atoms with Gasteiger partial charge in [-0.2, -0.15) is 5.26 Å². The number of rotatable bonds is 4. The van der Waals surface area contributed by atoms with Crippen molar-refractivity contribution >= 4 is 23.6 Å². The maximum absolute atomic E-state index is 11.9. The maximum atomic E-state index is 11.9. The van der Waals surface area contributed by atoms with Crippen LogP contribution in [-0.4, -0.2) is 25.2 Å². The summed E-state index contributed by atoms with van der Waals surface area (Å²) >= 11 is 5.79. The standard InChI is InChI=1S/C15H15ClN2O2/c16-13-5-3-11(4-6-13)8-12(9-17)15(19)18-10-14-2-1-7-20-14/h3-6,8,14H,1-2,7,10H2,(H,18,19). The molecule has 5 heteroatoms. The van der Waals surface area contributed by atoms with E-state index in [1.54, 1.807) is 30.3 Å². The van der Waals surface area contributed by atoms with Crippen LogP contribution in [0.5, 0.6) is 0 Å². The largest absolute Gasteiger partial charge is 0.376 e. The van der Waals surface area contributed by atoms with Gasteiger partial charge in [-0.15, -0.1) is 0 Å². The summed E-state index contributed by atoms with van der Waals surface area (Å²) in [6.07, 6.45) is 3.57. The van der Waals surface area contributed by atoms with E-state index in [2.05, 4.69) is 5.32 Å². The van der Waals surface area contributed by atoms with Crippen LogP contribution in [0.25, 0.3) is 6.08 Å². The Morgan fingerprint density at radius 2 is 2.25 bits per heavy atom. The lowest BCUT2D eigenvalue weighted by Gasteiger charge is -2.10. The molecule has 4 nitrogen and oxygen atoms in total. The average Bonchev–Trinajstić information content (AvgIpc) is 2.97. The molecule has 1 aliphatic rings. The number of nitrogens with one attached hydrogen (secondary N) is 1. The molecule has 0 bridgehead atoms. The Bertz CT molecular complexity index is 540. The van der Waals surface area contributed by atoms with Crippen LogP contribution >= 0.6 is 11.6 Å². The zero-order chi connectivity index (χ0) is 14.4. The van der Waals surface area contributed by atoms with Gasteiger partial charge < -0.3 is 10.1 Å². The second-order valence-electron chi connectivity index (χ2n) is 4.57. The molecule has 0 saturated carbocycles. The van der Waals surface area contributed by atoms with Gasteiger partial charge in [-0.25, -0.2) is 0 Å². The number of nitrogens with zero attached hydrogens (tertiary/aromatic N) is 1. The molecule has 0 aromatic heterocycles. The highest BCUT2D eigenvalue weighted by Crippen LogP contribution is 2.13. The number of hydrogen-bond donors (Lipinski definition) is 1. The summed E-state index contributed by atoms with van der Waals surface area (Å²) in [6.45, 7) is 1.19. The number of halogens is 1. The molecule has 0 spiro atoms. The van der Waals surface area contributed by atoms with Crippen molar-refractivity contribution in [3.05, 3.63) is 40.4 Å². The van der Waals surface area contributed by atoms with E-state index in [9.17, 15) is 4.79 Å². The number of carbonyl (C=O) groups excluding carboxylic acids is 1. The number of ether oxygens (including phenoxy) is 1. The van der Waals surface area contributed by atoms with Crippen LogP contribution in [0.3, 0.4) is 0 Å². The first-order chi connectivity index (χ1) is 9.69. The van der Waals surface area contributed by atoms with Crippen LogP contribution in [0.4, 0.5) is 0 Å². The summed E-state index contributed by atoms with van der Waals surface area (Å²) in [5, 5.41) is 12.4. The van der Waals surface area contributed by atoms with Crippen LogP contribution in [0.15, 0.2) is 29.8 Å². The van der Waals surface area contributed by atoms with Crippen molar-refractivity contribution in [1.82, 2.24) is 5.32 Å². The Hall–Kier alpha value is -1.83. The number of hydrogen-bond acceptors (Lipinski definition) is 3. The number of amides is 1. The smallest absolute Gasteiger partial charge is 0.262 e. The van der Waals surface area contributed by atoms with E-state index in [-0.39, 0.29) is 17.6 Å². The summed E-state index contributed by atoms with van der Waals surface area (Å²) in [5.41, 5.74) is 0.837. The molecule has 1 aromatic rings. The van der Waals surface area contributed by atoms with Crippen LogP contribution in [0, 0.1) is 11.3 Å². The van der Waals surface area contributed by atoms with Crippen LogP contribution in [0.1, 0.15) is 18.4 Å². The van der Waals surface area contributed by atoms with Crippen LogP contribution in [-0.2, 0) is 9.53 Å². The minimum absolute atomic E-state index is 0.0643. The highest BCUT2D eigenvalue weighted by molar-refractivity contribution is 6.30. The van der Waals surface area contributed by atoms with Gasteiger partial charge in [0.25, 0.3) is 5.91 Å². The molecule has 1 unspecified atom stereocenters. The molecule has 1 atom stereocenters. The van der Waals surface area contributed by atoms with Gasteiger partial charge in [0.1, 0.15) is 11.6 Å². The lowest BCUT2D eigenvalue weighted by atomic mass is 10.1. The van der Waals surface area contributed by atoms with Gasteiger partial charge in [0, 0.05) is 18.2 Å². The van der Waals surface area contributed by atoms with Gasteiger partial charge >= 0.3 is 0 Å². The average molecular weight is 291 g/mol. The zero-order valence-corrected chi connectivity index (χ0v) is 11.7. The molecular weight excluding hydrogens is 276 g/mol. The van der Waals surface area contributed by atoms with E-state index >= 15 is 0 Å². The number of nitriles is 1. The van der Waals surface area contributed by atoms with Crippen molar-refractivity contribution in [2.45, 2.75) is 18.9 Å². The Morgan fingerprint density at radius 3 is 2.85 bits per heavy atom. The third-order valence-electron chi connectivity index (χ3n) is 3.06. The summed E-state index contributed by atoms with van der Waals surface area (Å²) < 4.78 is 5.42. The fraction of sp³-hybridized carbons (Fsp3) is 0.333. The van der Waals surface area contributed by atoms with E-state index < -0.39 is 0 Å². The Labute approximate surface area is 123 Å². The third-order valence-corrected chi connectivity index (χ3v) is 3.31. The highest BCUT2D eigenvalue weighted by atomic mass is 35.5. The number of benzene rings is 1. The predicted molar refractivity (Wildman–Crippen MR) is 77.0 cm³/mol. The molecule has 20 heavy (non-hydrogen) atoms. The van der Waals surface area contributed by atoms with Crippen molar-refractivity contribution < 1.29 is 9.53 Å². The number of carbonyl (C=O) groups is 1.